The molecule has 1 aliphatic heterocycles. The first-order valence-electron chi connectivity index (χ1n) is 8.33. The van der Waals surface area contributed by atoms with Gasteiger partial charge in [0.15, 0.2) is 0 Å². The van der Waals surface area contributed by atoms with E-state index < -0.39 is 0 Å². The lowest BCUT2D eigenvalue weighted by Crippen LogP contribution is -2.33. The molecule has 3 rings (SSSR count). The predicted molar refractivity (Wildman–Crippen MR) is 91.4 cm³/mol. The summed E-state index contributed by atoms with van der Waals surface area (Å²) in [7, 11) is 1.69. The number of methoxy groups -OCH3 is 1. The Morgan fingerprint density at radius 3 is 2.95 bits per heavy atom. The number of rotatable bonds is 5. The van der Waals surface area contributed by atoms with E-state index in [1.165, 1.54) is 25.7 Å². The molecule has 0 aromatic heterocycles. The Morgan fingerprint density at radius 2 is 2.14 bits per heavy atom. The first-order chi connectivity index (χ1) is 10.8. The van der Waals surface area contributed by atoms with Crippen LogP contribution in [0.3, 0.4) is 0 Å². The van der Waals surface area contributed by atoms with Crippen LogP contribution >= 0.6 is 11.8 Å². The van der Waals surface area contributed by atoms with Crippen LogP contribution in [0.15, 0.2) is 24.3 Å². The number of ether oxygens (including phenoxy) is 1. The number of fused-ring (bicyclic) bond motifs is 1. The van der Waals surface area contributed by atoms with E-state index in [0.717, 1.165) is 35.3 Å². The van der Waals surface area contributed by atoms with Gasteiger partial charge in [-0.3, -0.25) is 4.79 Å². The molecular weight excluding hydrogens is 294 g/mol. The third kappa shape index (κ3) is 3.60. The minimum Gasteiger partial charge on any atom is -0.496 e. The molecule has 1 N–H and O–H groups in total. The van der Waals surface area contributed by atoms with Gasteiger partial charge < -0.3 is 10.1 Å². The van der Waals surface area contributed by atoms with Gasteiger partial charge in [-0.25, -0.2) is 0 Å². The predicted octanol–water partition coefficient (Wildman–Crippen LogP) is 3.42. The highest BCUT2D eigenvalue weighted by Crippen LogP contribution is 2.46. The summed E-state index contributed by atoms with van der Waals surface area (Å²) in [5.74, 6) is 1.91. The second kappa shape index (κ2) is 7.40. The van der Waals surface area contributed by atoms with Crippen LogP contribution in [-0.2, 0) is 11.2 Å². The molecule has 1 saturated carbocycles. The molecule has 1 aromatic rings. The molecule has 0 bridgehead atoms. The number of thioether (sulfide) groups is 1. The fourth-order valence-electron chi connectivity index (χ4n) is 3.68. The van der Waals surface area contributed by atoms with Crippen LogP contribution in [-0.4, -0.2) is 30.1 Å². The van der Waals surface area contributed by atoms with Crippen LogP contribution in [0.4, 0.5) is 0 Å². The molecular formula is C18H25NO2S. The summed E-state index contributed by atoms with van der Waals surface area (Å²) in [5, 5.41) is 4.03. The van der Waals surface area contributed by atoms with Crippen molar-refractivity contribution in [1.29, 1.82) is 0 Å². The largest absolute Gasteiger partial charge is 0.496 e. The van der Waals surface area contributed by atoms with Gasteiger partial charge in [-0.05, 0) is 43.2 Å². The first-order valence-corrected chi connectivity index (χ1v) is 9.27. The van der Waals surface area contributed by atoms with Crippen LogP contribution in [0.2, 0.25) is 0 Å². The van der Waals surface area contributed by atoms with Gasteiger partial charge in [-0.1, -0.05) is 31.0 Å². The van der Waals surface area contributed by atoms with E-state index >= 15 is 0 Å². The Labute approximate surface area is 137 Å². The number of hydrogen-bond acceptors (Lipinski definition) is 3. The zero-order chi connectivity index (χ0) is 15.4. The van der Waals surface area contributed by atoms with Gasteiger partial charge in [0.25, 0.3) is 0 Å². The Balaban J connectivity index is 1.46. The molecule has 22 heavy (non-hydrogen) atoms. The van der Waals surface area contributed by atoms with Crippen LogP contribution in [0, 0.1) is 5.92 Å². The van der Waals surface area contributed by atoms with Gasteiger partial charge in [-0.15, -0.1) is 11.8 Å². The van der Waals surface area contributed by atoms with E-state index in [2.05, 4.69) is 11.4 Å². The number of carbonyl (C=O) groups excluding carboxylic acids is 1. The van der Waals surface area contributed by atoms with Crippen LogP contribution in [0.25, 0.3) is 0 Å². The van der Waals surface area contributed by atoms with Crippen molar-refractivity contribution < 1.29 is 9.53 Å². The van der Waals surface area contributed by atoms with Gasteiger partial charge in [0, 0.05) is 11.8 Å². The number of benzene rings is 1. The van der Waals surface area contributed by atoms with Crippen LogP contribution in [0.1, 0.15) is 37.7 Å². The minimum atomic E-state index is 0.172. The van der Waals surface area contributed by atoms with E-state index in [0.29, 0.717) is 6.54 Å². The number of hydrogen-bond donors (Lipinski definition) is 1. The number of carbonyl (C=O) groups is 1. The zero-order valence-corrected chi connectivity index (χ0v) is 14.0. The van der Waals surface area contributed by atoms with Crippen molar-refractivity contribution in [3.8, 4) is 5.75 Å². The highest BCUT2D eigenvalue weighted by Gasteiger charge is 2.39. The summed E-state index contributed by atoms with van der Waals surface area (Å²) in [6, 6.07) is 8.01. The topological polar surface area (TPSA) is 38.3 Å². The summed E-state index contributed by atoms with van der Waals surface area (Å²) < 4.78 is 5.35. The van der Waals surface area contributed by atoms with Crippen LogP contribution < -0.4 is 10.1 Å². The van der Waals surface area contributed by atoms with Crippen molar-refractivity contribution in [3.63, 3.8) is 0 Å². The highest BCUT2D eigenvalue weighted by molar-refractivity contribution is 8.01. The Morgan fingerprint density at radius 1 is 1.32 bits per heavy atom. The van der Waals surface area contributed by atoms with Crippen molar-refractivity contribution in [2.45, 2.75) is 49.0 Å². The maximum Gasteiger partial charge on any atom is 0.233 e. The number of para-hydroxylation sites is 1. The van der Waals surface area contributed by atoms with Crippen molar-refractivity contribution >= 4 is 17.7 Å². The molecule has 2 aliphatic rings. The first kappa shape index (κ1) is 15.7. The average molecular weight is 319 g/mol. The van der Waals surface area contributed by atoms with Gasteiger partial charge in [0.2, 0.25) is 5.91 Å². The molecule has 0 radical (unpaired) electrons. The summed E-state index contributed by atoms with van der Waals surface area (Å²) in [4.78, 5) is 12.4. The lowest BCUT2D eigenvalue weighted by atomic mass is 9.86. The van der Waals surface area contributed by atoms with Crippen molar-refractivity contribution in [3.05, 3.63) is 29.8 Å². The van der Waals surface area contributed by atoms with Crippen LogP contribution in [0.5, 0.6) is 5.75 Å². The Kier molecular flexibility index (Phi) is 5.29. The smallest absolute Gasteiger partial charge is 0.233 e. The molecule has 120 valence electrons. The Bertz CT molecular complexity index is 506. The number of amides is 1. The van der Waals surface area contributed by atoms with E-state index in [1.54, 1.807) is 7.11 Å². The van der Waals surface area contributed by atoms with E-state index in [9.17, 15) is 4.79 Å². The quantitative estimate of drug-likeness (QED) is 0.904. The van der Waals surface area contributed by atoms with Gasteiger partial charge >= 0.3 is 0 Å². The maximum atomic E-state index is 12.4. The molecule has 3 atom stereocenters. The lowest BCUT2D eigenvalue weighted by Gasteiger charge is -2.23. The summed E-state index contributed by atoms with van der Waals surface area (Å²) in [6.07, 6.45) is 7.22. The standard InChI is InChI=1S/C18H25NO2S/c1-21-15-8-4-2-6-13(15)10-11-19-18(20)17-12-14-7-3-5-9-16(14)22-17/h2,4,6,8,14,16-17H,3,5,7,9-12H2,1H3,(H,19,20). The fourth-order valence-corrected chi connectivity index (χ4v) is 5.44. The zero-order valence-electron chi connectivity index (χ0n) is 13.2. The van der Waals surface area contributed by atoms with Crippen molar-refractivity contribution in [2.75, 3.05) is 13.7 Å². The molecule has 1 heterocycles. The summed E-state index contributed by atoms with van der Waals surface area (Å²) in [5.41, 5.74) is 1.15. The summed E-state index contributed by atoms with van der Waals surface area (Å²) >= 11 is 1.92. The van der Waals surface area contributed by atoms with Crippen molar-refractivity contribution in [2.24, 2.45) is 5.92 Å². The van der Waals surface area contributed by atoms with Crippen molar-refractivity contribution in [1.82, 2.24) is 5.32 Å². The van der Waals surface area contributed by atoms with Gasteiger partial charge in [0.1, 0.15) is 5.75 Å². The van der Waals surface area contributed by atoms with E-state index in [4.69, 9.17) is 4.74 Å². The maximum absolute atomic E-state index is 12.4. The van der Waals surface area contributed by atoms with Gasteiger partial charge in [0.05, 0.1) is 12.4 Å². The van der Waals surface area contributed by atoms with E-state index in [1.807, 2.05) is 30.0 Å². The third-order valence-electron chi connectivity index (χ3n) is 4.87. The fraction of sp³-hybridized carbons (Fsp3) is 0.611. The molecule has 3 nitrogen and oxygen atoms in total. The monoisotopic (exact) mass is 319 g/mol. The molecule has 3 unspecified atom stereocenters. The van der Waals surface area contributed by atoms with Gasteiger partial charge in [-0.2, -0.15) is 0 Å². The SMILES string of the molecule is COc1ccccc1CCNC(=O)C1CC2CCCCC2S1. The average Bonchev–Trinajstić information content (AvgIpc) is 2.99. The van der Waals surface area contributed by atoms with E-state index in [-0.39, 0.29) is 11.2 Å². The second-order valence-corrected chi connectivity index (χ2v) is 7.74. The molecule has 1 amide bonds. The second-order valence-electron chi connectivity index (χ2n) is 6.30. The molecule has 0 spiro atoms. The Hall–Kier alpha value is -1.16. The molecule has 1 aliphatic carbocycles. The highest BCUT2D eigenvalue weighted by atomic mass is 32.2. The lowest BCUT2D eigenvalue weighted by molar-refractivity contribution is -0.120. The molecule has 1 saturated heterocycles. The third-order valence-corrected chi connectivity index (χ3v) is 6.58. The molecule has 4 heteroatoms. The molecule has 1 aromatic carbocycles. The normalized spacial score (nSPS) is 27.2. The molecule has 2 fully saturated rings. The summed E-state index contributed by atoms with van der Waals surface area (Å²) in [6.45, 7) is 0.686. The number of nitrogens with one attached hydrogen (secondary N) is 1. The minimum absolute atomic E-state index is 0.172.